The van der Waals surface area contributed by atoms with Gasteiger partial charge in [-0.05, 0) is 88.1 Å². The highest BCUT2D eigenvalue weighted by Crippen LogP contribution is 2.31. The normalized spacial score (nSPS) is 17.6. The van der Waals surface area contributed by atoms with Crippen molar-refractivity contribution in [2.75, 3.05) is 0 Å². The first-order chi connectivity index (χ1) is 27.8. The average molecular weight is 754 g/mol. The number of allylic oxidation sites excluding steroid dienone is 13. The fourth-order valence-electron chi connectivity index (χ4n) is 6.76. The van der Waals surface area contributed by atoms with Gasteiger partial charge in [-0.3, -0.25) is 0 Å². The molecule has 5 nitrogen and oxygen atoms in total. The summed E-state index contributed by atoms with van der Waals surface area (Å²) in [6.45, 7) is 21.3. The maximum absolute atomic E-state index is 9.33. The van der Waals surface area contributed by atoms with Crippen molar-refractivity contribution in [3.63, 3.8) is 0 Å². The predicted molar refractivity (Wildman–Crippen MR) is 243 cm³/mol. The van der Waals surface area contributed by atoms with E-state index in [0.29, 0.717) is 25.8 Å². The number of nitrogens with zero attached hydrogens (tertiary/aromatic N) is 4. The summed E-state index contributed by atoms with van der Waals surface area (Å²) in [5.41, 5.74) is 21.7. The van der Waals surface area contributed by atoms with Crippen LogP contribution in [-0.4, -0.2) is 21.7 Å². The predicted octanol–water partition coefficient (Wildman–Crippen LogP) is 12.4. The van der Waals surface area contributed by atoms with Crippen molar-refractivity contribution in [2.45, 2.75) is 85.2 Å². The minimum Gasteiger partial charge on any atom is -0.397 e. The highest BCUT2D eigenvalue weighted by molar-refractivity contribution is 6.05. The molecule has 0 aliphatic carbocycles. The van der Waals surface area contributed by atoms with E-state index in [-0.39, 0.29) is 6.04 Å². The van der Waals surface area contributed by atoms with Gasteiger partial charge in [-0.15, -0.1) is 6.58 Å². The molecule has 292 valence electrons. The Labute approximate surface area is 342 Å². The quantitative estimate of drug-likeness (QED) is 0.105. The third kappa shape index (κ3) is 12.3. The number of aliphatic imine (C=N–C) groups is 1. The Kier molecular flexibility index (Phi) is 17.4. The number of nitrogens with two attached hydrogens (primary N) is 1. The molecular weight excluding hydrogens is 695 g/mol. The standard InChI is InChI=1S/C52H59N5/c1-8-12-16-33-49-38-50(46-30-19-15-20-31-46)55-52(57(49)48(25-9-2)32-23-24-36-53)44(11-4)28-22-21-27-43-34-35-45-29-18-14-13-17-26-41(6)56(39-47(45)37-43)42(7)51(54)40(5)10-3/h8-12,14-20,22-23,26,28,30-32,34-35,37,48H,1-2,6,13,21,24-25,27,29,33,39,54H2,3-5,7H3/b16-12-,18-14-,26-17-,28-22?,32-23-,40-10-,44-11+,51-42-. The van der Waals surface area contributed by atoms with E-state index in [1.807, 2.05) is 43.4 Å². The Hall–Kier alpha value is -6.34. The van der Waals surface area contributed by atoms with Crippen LogP contribution in [-0.2, 0) is 19.4 Å². The molecule has 2 aromatic rings. The smallest absolute Gasteiger partial charge is 0.142 e. The molecule has 57 heavy (non-hydrogen) atoms. The van der Waals surface area contributed by atoms with Gasteiger partial charge in [0, 0.05) is 35.5 Å². The highest BCUT2D eigenvalue weighted by Gasteiger charge is 2.27. The van der Waals surface area contributed by atoms with Crippen LogP contribution in [0.25, 0.3) is 5.70 Å². The molecule has 0 amide bonds. The molecule has 2 N–H and O–H groups in total. The van der Waals surface area contributed by atoms with E-state index in [0.717, 1.165) is 76.7 Å². The molecule has 2 heterocycles. The molecule has 2 aromatic carbocycles. The molecule has 0 spiro atoms. The van der Waals surface area contributed by atoms with Crippen LogP contribution < -0.4 is 5.73 Å². The van der Waals surface area contributed by atoms with E-state index in [1.54, 1.807) is 6.08 Å². The van der Waals surface area contributed by atoms with Crippen molar-refractivity contribution < 1.29 is 0 Å². The Bertz CT molecular complexity index is 2150. The second-order valence-electron chi connectivity index (χ2n) is 14.0. The Balaban J connectivity index is 1.69. The first-order valence-corrected chi connectivity index (χ1v) is 19.9. The molecule has 5 heteroatoms. The van der Waals surface area contributed by atoms with E-state index in [9.17, 15) is 5.26 Å². The third-order valence-electron chi connectivity index (χ3n) is 10.1. The number of hydrogen-bond donors (Lipinski definition) is 1. The third-order valence-corrected chi connectivity index (χ3v) is 10.1. The SMILES string of the molecule is C=C/C=C\CC1=C=C(c2ccccc2)N=C(/C(C=CCCc2ccc3c(c2)CN(/C(C)=C(N)/C(C)=C\C)C(=C)/C=C\C/C=C\C3)=C/C)N1C(/C=C\CC#N)CC=C. The van der Waals surface area contributed by atoms with Crippen LogP contribution in [0.3, 0.4) is 0 Å². The molecule has 0 fully saturated rings. The van der Waals surface area contributed by atoms with E-state index < -0.39 is 0 Å². The second kappa shape index (κ2) is 22.9. The van der Waals surface area contributed by atoms with Gasteiger partial charge in [0.05, 0.1) is 29.9 Å². The van der Waals surface area contributed by atoms with Crippen LogP contribution in [0.1, 0.15) is 82.1 Å². The van der Waals surface area contributed by atoms with Gasteiger partial charge in [-0.2, -0.15) is 5.26 Å². The largest absolute Gasteiger partial charge is 0.397 e. The molecular formula is C52H59N5. The molecule has 0 aromatic heterocycles. The zero-order valence-electron chi connectivity index (χ0n) is 34.4. The van der Waals surface area contributed by atoms with Crippen LogP contribution in [0.2, 0.25) is 0 Å². The summed E-state index contributed by atoms with van der Waals surface area (Å²) >= 11 is 0. The lowest BCUT2D eigenvalue weighted by Gasteiger charge is -2.35. The summed E-state index contributed by atoms with van der Waals surface area (Å²) in [6, 6.07) is 19.2. The monoisotopic (exact) mass is 753 g/mol. The summed E-state index contributed by atoms with van der Waals surface area (Å²) in [5, 5.41) is 9.33. The van der Waals surface area contributed by atoms with Crippen LogP contribution in [0, 0.1) is 11.3 Å². The maximum Gasteiger partial charge on any atom is 0.142 e. The molecule has 4 rings (SSSR count). The van der Waals surface area contributed by atoms with E-state index in [2.05, 4.69) is 153 Å². The minimum atomic E-state index is -0.104. The molecule has 0 bridgehead atoms. The fraction of sp³-hybridized carbons (Fsp3) is 0.250. The molecule has 0 radical (unpaired) electrons. The lowest BCUT2D eigenvalue weighted by molar-refractivity contribution is 0.428. The first-order valence-electron chi connectivity index (χ1n) is 19.9. The average Bonchev–Trinajstić information content (AvgIpc) is 3.26. The van der Waals surface area contributed by atoms with Crippen molar-refractivity contribution in [1.82, 2.24) is 9.80 Å². The van der Waals surface area contributed by atoms with E-state index >= 15 is 0 Å². The van der Waals surface area contributed by atoms with Gasteiger partial charge in [-0.1, -0.05) is 146 Å². The first kappa shape index (κ1) is 43.4. The van der Waals surface area contributed by atoms with Crippen molar-refractivity contribution in [3.05, 3.63) is 215 Å². The van der Waals surface area contributed by atoms with Gasteiger partial charge in [0.2, 0.25) is 0 Å². The Morgan fingerprint density at radius 2 is 1.82 bits per heavy atom. The lowest BCUT2D eigenvalue weighted by atomic mass is 9.97. The zero-order chi connectivity index (χ0) is 41.0. The molecule has 0 saturated heterocycles. The van der Waals surface area contributed by atoms with Crippen molar-refractivity contribution in [1.29, 1.82) is 5.26 Å². The lowest BCUT2D eigenvalue weighted by Crippen LogP contribution is -2.40. The van der Waals surface area contributed by atoms with E-state index in [1.165, 1.54) is 16.7 Å². The molecule has 0 saturated carbocycles. The Morgan fingerprint density at radius 3 is 2.54 bits per heavy atom. The number of rotatable bonds is 16. The summed E-state index contributed by atoms with van der Waals surface area (Å²) in [5.74, 6) is 0.837. The van der Waals surface area contributed by atoms with Crippen molar-refractivity contribution >= 4 is 11.5 Å². The maximum atomic E-state index is 9.33. The number of hydrogen-bond acceptors (Lipinski definition) is 5. The van der Waals surface area contributed by atoms with Gasteiger partial charge in [0.25, 0.3) is 0 Å². The van der Waals surface area contributed by atoms with Crippen molar-refractivity contribution in [3.8, 4) is 6.07 Å². The van der Waals surface area contributed by atoms with Crippen LogP contribution in [0.5, 0.6) is 0 Å². The number of nitriles is 1. The van der Waals surface area contributed by atoms with Crippen molar-refractivity contribution in [2.24, 2.45) is 10.7 Å². The van der Waals surface area contributed by atoms with E-state index in [4.69, 9.17) is 10.7 Å². The molecule has 2 aliphatic rings. The second-order valence-corrected chi connectivity index (χ2v) is 14.0. The minimum absolute atomic E-state index is 0.104. The summed E-state index contributed by atoms with van der Waals surface area (Å²) in [6.07, 6.45) is 34.2. The van der Waals surface area contributed by atoms with Crippen LogP contribution >= 0.6 is 0 Å². The number of fused-ring (bicyclic) bond motifs is 1. The Morgan fingerprint density at radius 1 is 1.02 bits per heavy atom. The number of aryl methyl sites for hydroxylation is 1. The fourth-order valence-corrected chi connectivity index (χ4v) is 6.76. The highest BCUT2D eigenvalue weighted by atomic mass is 15.2. The molecule has 2 aliphatic heterocycles. The topological polar surface area (TPSA) is 68.7 Å². The molecule has 1 atom stereocenters. The number of amidine groups is 1. The van der Waals surface area contributed by atoms with Gasteiger partial charge >= 0.3 is 0 Å². The summed E-state index contributed by atoms with van der Waals surface area (Å²) in [7, 11) is 0. The van der Waals surface area contributed by atoms with Gasteiger partial charge < -0.3 is 15.5 Å². The summed E-state index contributed by atoms with van der Waals surface area (Å²) in [4.78, 5) is 9.78. The van der Waals surface area contributed by atoms with Crippen LogP contribution in [0.4, 0.5) is 0 Å². The van der Waals surface area contributed by atoms with Crippen LogP contribution in [0.15, 0.2) is 198 Å². The van der Waals surface area contributed by atoms with Gasteiger partial charge in [0.15, 0.2) is 0 Å². The number of benzene rings is 2. The van der Waals surface area contributed by atoms with Gasteiger partial charge in [-0.25, -0.2) is 4.99 Å². The summed E-state index contributed by atoms with van der Waals surface area (Å²) < 4.78 is 0. The van der Waals surface area contributed by atoms with Gasteiger partial charge in [0.1, 0.15) is 11.5 Å². The zero-order valence-corrected chi connectivity index (χ0v) is 34.4. The molecule has 1 unspecified atom stereocenters.